The molecule has 0 fully saturated rings. The lowest BCUT2D eigenvalue weighted by atomic mass is 9.86. The Bertz CT molecular complexity index is 1840. The van der Waals surface area contributed by atoms with Gasteiger partial charge < -0.3 is 0 Å². The minimum atomic E-state index is -0.431. The second-order valence-corrected chi connectivity index (χ2v) is 11.6. The van der Waals surface area contributed by atoms with Crippen molar-refractivity contribution >= 4 is 29.3 Å². The Kier molecular flexibility index (Phi) is 7.80. The number of nitro benzene ring substituents is 1. The monoisotopic (exact) mass is 572 g/mol. The summed E-state index contributed by atoms with van der Waals surface area (Å²) in [5.41, 5.74) is 7.17. The van der Waals surface area contributed by atoms with Crippen molar-refractivity contribution in [1.82, 2.24) is 4.57 Å². The zero-order valence-corrected chi connectivity index (χ0v) is 24.6. The van der Waals surface area contributed by atoms with E-state index in [1.54, 1.807) is 30.5 Å². The first-order valence-electron chi connectivity index (χ1n) is 13.5. The molecule has 0 saturated carbocycles. The Balaban J connectivity index is 1.86. The number of hydrogen-bond acceptors (Lipinski definition) is 4. The van der Waals surface area contributed by atoms with Crippen LogP contribution in [0.5, 0.6) is 0 Å². The number of halogens is 1. The van der Waals surface area contributed by atoms with Crippen molar-refractivity contribution in [2.24, 2.45) is 4.99 Å². The summed E-state index contributed by atoms with van der Waals surface area (Å²) in [7, 11) is 0. The molecule has 0 amide bonds. The second kappa shape index (κ2) is 11.5. The summed E-state index contributed by atoms with van der Waals surface area (Å²) in [4.78, 5) is 15.8. The number of nitro groups is 1. The lowest BCUT2D eigenvalue weighted by Crippen LogP contribution is -2.10. The van der Waals surface area contributed by atoms with Crippen LogP contribution in [0.4, 0.5) is 11.5 Å². The van der Waals surface area contributed by atoms with Gasteiger partial charge in [0, 0.05) is 34.6 Å². The Hall–Kier alpha value is -4.99. The highest BCUT2D eigenvalue weighted by molar-refractivity contribution is 6.30. The molecule has 5 rings (SSSR count). The third kappa shape index (κ3) is 5.74. The first-order chi connectivity index (χ1) is 20.1. The summed E-state index contributed by atoms with van der Waals surface area (Å²) < 4.78 is 1.99. The van der Waals surface area contributed by atoms with Gasteiger partial charge in [-0.1, -0.05) is 86.5 Å². The molecular weight excluding hydrogens is 544 g/mol. The smallest absolute Gasteiger partial charge is 0.269 e. The van der Waals surface area contributed by atoms with E-state index < -0.39 is 4.92 Å². The molecule has 0 aliphatic rings. The highest BCUT2D eigenvalue weighted by Gasteiger charge is 2.27. The van der Waals surface area contributed by atoms with Crippen LogP contribution in [0.3, 0.4) is 0 Å². The summed E-state index contributed by atoms with van der Waals surface area (Å²) in [5, 5.41) is 22.6. The van der Waals surface area contributed by atoms with Crippen LogP contribution in [0, 0.1) is 28.4 Å². The van der Waals surface area contributed by atoms with Gasteiger partial charge in [-0.05, 0) is 71.0 Å². The average Bonchev–Trinajstić information content (AvgIpc) is 3.30. The number of aryl methyl sites for hydroxylation is 1. The maximum Gasteiger partial charge on any atom is 0.269 e. The van der Waals surface area contributed by atoms with Crippen molar-refractivity contribution in [3.63, 3.8) is 0 Å². The van der Waals surface area contributed by atoms with Crippen molar-refractivity contribution in [3.05, 3.63) is 134 Å². The summed E-state index contributed by atoms with van der Waals surface area (Å²) in [6, 6.07) is 32.4. The third-order valence-corrected chi connectivity index (χ3v) is 7.36. The summed E-state index contributed by atoms with van der Waals surface area (Å²) in [5.74, 6) is 0.449. The summed E-state index contributed by atoms with van der Waals surface area (Å²) in [6.45, 7) is 8.51. The van der Waals surface area contributed by atoms with Crippen LogP contribution >= 0.6 is 11.6 Å². The van der Waals surface area contributed by atoms with E-state index in [0.717, 1.165) is 28.1 Å². The number of benzene rings is 4. The number of hydrogen-bond donors (Lipinski definition) is 0. The zero-order chi connectivity index (χ0) is 30.0. The largest absolute Gasteiger partial charge is 0.293 e. The molecule has 0 atom stereocenters. The molecule has 1 heterocycles. The van der Waals surface area contributed by atoms with Crippen molar-refractivity contribution in [2.75, 3.05) is 0 Å². The number of nitriles is 1. The van der Waals surface area contributed by atoms with Crippen LogP contribution in [-0.2, 0) is 5.41 Å². The minimum Gasteiger partial charge on any atom is -0.293 e. The number of aliphatic imine (C=N–C) groups is 1. The quantitative estimate of drug-likeness (QED) is 0.115. The first kappa shape index (κ1) is 28.5. The number of non-ortho nitro benzene ring substituents is 1. The number of aromatic nitrogens is 1. The Morgan fingerprint density at radius 1 is 0.929 bits per heavy atom. The average molecular weight is 573 g/mol. The van der Waals surface area contributed by atoms with Crippen molar-refractivity contribution in [1.29, 1.82) is 5.26 Å². The second-order valence-electron chi connectivity index (χ2n) is 11.1. The van der Waals surface area contributed by atoms with Gasteiger partial charge in [0.2, 0.25) is 0 Å². The molecule has 0 aliphatic carbocycles. The summed E-state index contributed by atoms with van der Waals surface area (Å²) >= 11 is 6.23. The highest BCUT2D eigenvalue weighted by Crippen LogP contribution is 2.45. The number of rotatable bonds is 6. The molecule has 6 nitrogen and oxygen atoms in total. The molecule has 0 radical (unpaired) electrons. The Morgan fingerprint density at radius 2 is 1.57 bits per heavy atom. The molecule has 4 aromatic carbocycles. The van der Waals surface area contributed by atoms with Crippen LogP contribution in [0.2, 0.25) is 5.02 Å². The van der Waals surface area contributed by atoms with Gasteiger partial charge in [0.1, 0.15) is 11.6 Å². The van der Waals surface area contributed by atoms with Gasteiger partial charge in [-0.3, -0.25) is 14.7 Å². The molecule has 0 N–H and O–H groups in total. The molecular formula is C35H29ClN4O2. The van der Waals surface area contributed by atoms with Gasteiger partial charge in [0.15, 0.2) is 5.82 Å². The lowest BCUT2D eigenvalue weighted by Gasteiger charge is -2.20. The fraction of sp³-hybridized carbons (Fsp3) is 0.143. The lowest BCUT2D eigenvalue weighted by molar-refractivity contribution is -0.384. The topological polar surface area (TPSA) is 84.2 Å². The fourth-order valence-corrected chi connectivity index (χ4v) is 5.09. The normalized spacial score (nSPS) is 11.5. The molecule has 0 spiro atoms. The summed E-state index contributed by atoms with van der Waals surface area (Å²) in [6.07, 6.45) is 1.69. The van der Waals surface area contributed by atoms with E-state index >= 15 is 0 Å². The molecule has 5 aromatic rings. The van der Waals surface area contributed by atoms with E-state index in [4.69, 9.17) is 16.6 Å². The van der Waals surface area contributed by atoms with Crippen molar-refractivity contribution in [3.8, 4) is 34.1 Å². The van der Waals surface area contributed by atoms with Crippen LogP contribution in [0.15, 0.2) is 102 Å². The van der Waals surface area contributed by atoms with Crippen molar-refractivity contribution in [2.45, 2.75) is 33.1 Å². The van der Waals surface area contributed by atoms with Crippen molar-refractivity contribution < 1.29 is 4.92 Å². The van der Waals surface area contributed by atoms with Gasteiger partial charge in [0.05, 0.1) is 10.6 Å². The Morgan fingerprint density at radius 3 is 2.14 bits per heavy atom. The maximum absolute atomic E-state index is 11.4. The predicted octanol–water partition coefficient (Wildman–Crippen LogP) is 9.60. The molecule has 0 bridgehead atoms. The molecule has 1 aromatic heterocycles. The van der Waals surface area contributed by atoms with Gasteiger partial charge in [0.25, 0.3) is 5.69 Å². The Labute approximate surface area is 250 Å². The van der Waals surface area contributed by atoms with Gasteiger partial charge in [-0.15, -0.1) is 0 Å². The van der Waals surface area contributed by atoms with Gasteiger partial charge >= 0.3 is 0 Å². The standard InChI is InChI=1S/C35H29ClN4O2/c1-23-8-16-29(17-9-23)39-33(26-10-14-27(15-11-26)35(2,3)4)32(25-12-18-30(19-13-25)40(41)42)31(21-37)34(39)38-22-24-6-5-7-28(36)20-24/h5-20,22H,1-4H3/b38-22+. The van der Waals surface area contributed by atoms with E-state index in [-0.39, 0.29) is 11.1 Å². The third-order valence-electron chi connectivity index (χ3n) is 7.13. The zero-order valence-electron chi connectivity index (χ0n) is 23.8. The fourth-order valence-electron chi connectivity index (χ4n) is 4.89. The number of nitrogens with zero attached hydrogens (tertiary/aromatic N) is 4. The van der Waals surface area contributed by atoms with E-state index in [9.17, 15) is 15.4 Å². The SMILES string of the molecule is Cc1ccc(-n2c(/N=C/c3cccc(Cl)c3)c(C#N)c(-c3ccc([N+](=O)[O-])cc3)c2-c2ccc(C(C)(C)C)cc2)cc1. The van der Waals surface area contributed by atoms with E-state index in [1.165, 1.54) is 17.7 Å². The van der Waals surface area contributed by atoms with Gasteiger partial charge in [-0.25, -0.2) is 4.99 Å². The van der Waals surface area contributed by atoms with Gasteiger partial charge in [-0.2, -0.15) is 5.26 Å². The van der Waals surface area contributed by atoms with Crippen LogP contribution < -0.4 is 0 Å². The van der Waals surface area contributed by atoms with Crippen LogP contribution in [-0.4, -0.2) is 15.7 Å². The molecule has 0 saturated heterocycles. The van der Waals surface area contributed by atoms with Crippen LogP contribution in [0.1, 0.15) is 43.0 Å². The van der Waals surface area contributed by atoms with E-state index in [0.29, 0.717) is 27.5 Å². The maximum atomic E-state index is 11.4. The van der Waals surface area contributed by atoms with Crippen LogP contribution in [0.25, 0.3) is 28.1 Å². The molecule has 0 aliphatic heterocycles. The van der Waals surface area contributed by atoms with E-state index in [2.05, 4.69) is 51.1 Å². The first-order valence-corrected chi connectivity index (χ1v) is 13.9. The highest BCUT2D eigenvalue weighted by atomic mass is 35.5. The van der Waals surface area contributed by atoms with E-state index in [1.807, 2.05) is 47.9 Å². The minimum absolute atomic E-state index is 0.0227. The molecule has 208 valence electrons. The molecule has 42 heavy (non-hydrogen) atoms. The predicted molar refractivity (Wildman–Crippen MR) is 170 cm³/mol. The molecule has 7 heteroatoms. The molecule has 0 unspecified atom stereocenters.